The largest absolute Gasteiger partial charge is 0.454 e. The molecule has 210 valence electrons. The number of amides is 1. The summed E-state index contributed by atoms with van der Waals surface area (Å²) in [5.41, 5.74) is 0.754. The lowest BCUT2D eigenvalue weighted by Gasteiger charge is -2.26. The van der Waals surface area contributed by atoms with E-state index in [-0.39, 0.29) is 34.4 Å². The number of fused-ring (bicyclic) bond motifs is 1. The van der Waals surface area contributed by atoms with Crippen LogP contribution in [0.15, 0.2) is 53.5 Å². The van der Waals surface area contributed by atoms with E-state index in [9.17, 15) is 26.8 Å². The summed E-state index contributed by atoms with van der Waals surface area (Å²) in [6.07, 6.45) is 4.48. The molecule has 3 heterocycles. The second-order valence-electron chi connectivity index (χ2n) is 9.56. The van der Waals surface area contributed by atoms with Gasteiger partial charge in [-0.3, -0.25) is 14.3 Å². The Labute approximate surface area is 233 Å². The molecule has 0 radical (unpaired) electrons. The molecular weight excluding hydrogens is 560 g/mol. The number of thiophene rings is 1. The Bertz CT molecular complexity index is 1780. The summed E-state index contributed by atoms with van der Waals surface area (Å²) in [7, 11) is -2.06. The molecule has 2 aromatic carbocycles. The Hall–Kier alpha value is -3.77. The third-order valence-electron chi connectivity index (χ3n) is 6.74. The topological polar surface area (TPSA) is 97.7 Å². The number of carbonyl (C=O) groups excluding carboxylic acids is 1. The van der Waals surface area contributed by atoms with Crippen molar-refractivity contribution in [3.63, 3.8) is 0 Å². The van der Waals surface area contributed by atoms with Gasteiger partial charge in [-0.05, 0) is 62.6 Å². The number of ether oxygens (including phenoxy) is 1. The van der Waals surface area contributed by atoms with Crippen molar-refractivity contribution in [2.24, 2.45) is 7.05 Å². The van der Waals surface area contributed by atoms with E-state index in [1.54, 1.807) is 24.2 Å². The number of aryl methyl sites for hydroxylation is 1. The zero-order valence-electron chi connectivity index (χ0n) is 21.9. The van der Waals surface area contributed by atoms with Crippen molar-refractivity contribution in [2.75, 3.05) is 23.6 Å². The summed E-state index contributed by atoms with van der Waals surface area (Å²) in [6, 6.07) is 8.95. The highest BCUT2D eigenvalue weighted by molar-refractivity contribution is 7.92. The fraction of sp³-hybridized carbons (Fsp3) is 0.286. The minimum Gasteiger partial charge on any atom is -0.454 e. The Balaban J connectivity index is 1.68. The lowest BCUT2D eigenvalue weighted by Crippen LogP contribution is -2.35. The molecule has 8 nitrogen and oxygen atoms in total. The smallest absolute Gasteiger partial charge is 0.263 e. The van der Waals surface area contributed by atoms with Gasteiger partial charge in [0.25, 0.3) is 11.5 Å². The van der Waals surface area contributed by atoms with Crippen molar-refractivity contribution >= 4 is 43.0 Å². The number of anilines is 1. The number of likely N-dealkylation sites (tertiary alicyclic amines) is 1. The van der Waals surface area contributed by atoms with Crippen LogP contribution in [-0.4, -0.2) is 42.6 Å². The zero-order chi connectivity index (χ0) is 28.6. The third-order valence-corrected chi connectivity index (χ3v) is 9.20. The van der Waals surface area contributed by atoms with Gasteiger partial charge in [0.1, 0.15) is 11.6 Å². The maximum Gasteiger partial charge on any atom is 0.263 e. The van der Waals surface area contributed by atoms with Crippen LogP contribution in [0.4, 0.5) is 14.5 Å². The molecule has 12 heteroatoms. The van der Waals surface area contributed by atoms with E-state index >= 15 is 0 Å². The van der Waals surface area contributed by atoms with Crippen LogP contribution in [0.25, 0.3) is 21.2 Å². The minimum absolute atomic E-state index is 0.141. The molecule has 0 saturated carbocycles. The Morgan fingerprint density at radius 3 is 2.45 bits per heavy atom. The number of halogens is 2. The number of hydrogen-bond donors (Lipinski definition) is 1. The number of piperidine rings is 1. The van der Waals surface area contributed by atoms with Crippen molar-refractivity contribution in [2.45, 2.75) is 26.2 Å². The molecule has 0 spiro atoms. The minimum atomic E-state index is -3.63. The maximum absolute atomic E-state index is 14.5. The van der Waals surface area contributed by atoms with Gasteiger partial charge in [0, 0.05) is 49.2 Å². The average Bonchev–Trinajstić information content (AvgIpc) is 3.39. The summed E-state index contributed by atoms with van der Waals surface area (Å²) in [4.78, 5) is 28.6. The summed E-state index contributed by atoms with van der Waals surface area (Å²) in [6.45, 7) is 2.80. The van der Waals surface area contributed by atoms with Crippen molar-refractivity contribution in [3.05, 3.63) is 75.5 Å². The monoisotopic (exact) mass is 587 g/mol. The number of pyridine rings is 1. The molecule has 0 unspecified atom stereocenters. The molecule has 4 aromatic rings. The molecule has 5 rings (SSSR count). The first kappa shape index (κ1) is 27.8. The normalized spacial score (nSPS) is 13.9. The van der Waals surface area contributed by atoms with Crippen molar-refractivity contribution in [1.29, 1.82) is 0 Å². The van der Waals surface area contributed by atoms with Gasteiger partial charge in [-0.1, -0.05) is 0 Å². The molecule has 1 saturated heterocycles. The Morgan fingerprint density at radius 2 is 1.75 bits per heavy atom. The second kappa shape index (κ2) is 11.0. The van der Waals surface area contributed by atoms with Gasteiger partial charge in [-0.15, -0.1) is 11.3 Å². The highest BCUT2D eigenvalue weighted by Crippen LogP contribution is 2.41. The fourth-order valence-electron chi connectivity index (χ4n) is 4.62. The van der Waals surface area contributed by atoms with Crippen LogP contribution in [0.3, 0.4) is 0 Å². The van der Waals surface area contributed by atoms with E-state index in [4.69, 9.17) is 4.74 Å². The first-order chi connectivity index (χ1) is 19.1. The summed E-state index contributed by atoms with van der Waals surface area (Å²) in [5.74, 6) is -2.09. The van der Waals surface area contributed by atoms with Crippen molar-refractivity contribution in [1.82, 2.24) is 9.47 Å². The fourth-order valence-corrected chi connectivity index (χ4v) is 6.39. The van der Waals surface area contributed by atoms with E-state index in [1.807, 2.05) is 0 Å². The van der Waals surface area contributed by atoms with Gasteiger partial charge < -0.3 is 14.2 Å². The number of aromatic nitrogens is 1. The lowest BCUT2D eigenvalue weighted by molar-refractivity contribution is 0.0729. The molecule has 1 aliphatic heterocycles. The summed E-state index contributed by atoms with van der Waals surface area (Å²) < 4.78 is 62.8. The maximum atomic E-state index is 14.5. The van der Waals surface area contributed by atoms with E-state index < -0.39 is 21.7 Å². The van der Waals surface area contributed by atoms with Gasteiger partial charge in [0.2, 0.25) is 10.0 Å². The molecule has 0 atom stereocenters. The highest BCUT2D eigenvalue weighted by Gasteiger charge is 2.24. The number of rotatable bonds is 7. The Kier molecular flexibility index (Phi) is 7.65. The predicted octanol–water partition coefficient (Wildman–Crippen LogP) is 5.73. The van der Waals surface area contributed by atoms with Crippen LogP contribution < -0.4 is 15.0 Å². The number of nitrogens with zero attached hydrogens (tertiary/aromatic N) is 2. The quantitative estimate of drug-likeness (QED) is 0.298. The average molecular weight is 588 g/mol. The van der Waals surface area contributed by atoms with Crippen LogP contribution in [0, 0.1) is 11.6 Å². The number of nitrogens with one attached hydrogen (secondary N) is 1. The molecular formula is C28H27F2N3O5S2. The van der Waals surface area contributed by atoms with Gasteiger partial charge in [0.05, 0.1) is 20.7 Å². The summed E-state index contributed by atoms with van der Waals surface area (Å²) in [5, 5.41) is 0.323. The van der Waals surface area contributed by atoms with Gasteiger partial charge in [-0.2, -0.15) is 0 Å². The van der Waals surface area contributed by atoms with E-state index in [0.717, 1.165) is 42.7 Å². The lowest BCUT2D eigenvalue weighted by atomic mass is 10.0. The van der Waals surface area contributed by atoms with E-state index in [2.05, 4.69) is 4.72 Å². The van der Waals surface area contributed by atoms with E-state index in [0.29, 0.717) is 45.2 Å². The standard InChI is InChI=1S/C28H27F2N3O5S2/c1-3-40(36,37)31-18-8-10-23(38-24-9-7-17(29)13-22(24)30)19(14-18)21-16-32(2)27(34)20-15-25(39-26(20)21)28(35)33-11-5-4-6-12-33/h7-10,13-16,31H,3-6,11-12H2,1-2H3. The zero-order valence-corrected chi connectivity index (χ0v) is 23.5. The van der Waals surface area contributed by atoms with Gasteiger partial charge in [0.15, 0.2) is 11.6 Å². The van der Waals surface area contributed by atoms with Crippen LogP contribution >= 0.6 is 11.3 Å². The first-order valence-electron chi connectivity index (χ1n) is 12.8. The second-order valence-corrected chi connectivity index (χ2v) is 12.6. The van der Waals surface area contributed by atoms with Gasteiger partial charge >= 0.3 is 0 Å². The van der Waals surface area contributed by atoms with Crippen LogP contribution in [0.5, 0.6) is 11.5 Å². The van der Waals surface area contributed by atoms with E-state index in [1.165, 1.54) is 29.7 Å². The number of sulfonamides is 1. The first-order valence-corrected chi connectivity index (χ1v) is 15.2. The van der Waals surface area contributed by atoms with Crippen molar-refractivity contribution in [3.8, 4) is 22.6 Å². The third kappa shape index (κ3) is 5.59. The number of hydrogen-bond acceptors (Lipinski definition) is 6. The molecule has 2 aromatic heterocycles. The molecule has 1 N–H and O–H groups in total. The number of benzene rings is 2. The molecule has 0 aliphatic carbocycles. The predicted molar refractivity (Wildman–Crippen MR) is 152 cm³/mol. The van der Waals surface area contributed by atoms with Crippen molar-refractivity contribution < 1.29 is 26.7 Å². The molecule has 1 fully saturated rings. The summed E-state index contributed by atoms with van der Waals surface area (Å²) >= 11 is 1.16. The molecule has 40 heavy (non-hydrogen) atoms. The Morgan fingerprint density at radius 1 is 1.02 bits per heavy atom. The SMILES string of the molecule is CCS(=O)(=O)Nc1ccc(Oc2ccc(F)cc2F)c(-c2cn(C)c(=O)c3cc(C(=O)N4CCCCC4)sc23)c1. The number of carbonyl (C=O) groups is 1. The molecule has 0 bridgehead atoms. The van der Waals surface area contributed by atoms with Crippen LogP contribution in [0.1, 0.15) is 35.9 Å². The van der Waals surface area contributed by atoms with Crippen LogP contribution in [0.2, 0.25) is 0 Å². The molecule has 1 amide bonds. The van der Waals surface area contributed by atoms with Gasteiger partial charge in [-0.25, -0.2) is 17.2 Å². The van der Waals surface area contributed by atoms with Crippen LogP contribution in [-0.2, 0) is 17.1 Å². The highest BCUT2D eigenvalue weighted by atomic mass is 32.2. The molecule has 1 aliphatic rings.